The van der Waals surface area contributed by atoms with Crippen LogP contribution in [-0.2, 0) is 4.79 Å². The Hall–Kier alpha value is -4.67. The van der Waals surface area contributed by atoms with Gasteiger partial charge in [0, 0.05) is 42.9 Å². The average molecular weight is 569 g/mol. The van der Waals surface area contributed by atoms with Gasteiger partial charge in [-0.15, -0.1) is 0 Å². The molecule has 0 spiro atoms. The number of fused-ring (bicyclic) bond motifs is 1. The standard InChI is InChI=1S/C28H28N10O2S/c1-36(19-8-9-19)11-2-3-22(39)37-12-10-20(15-37)38-26-23(25(30)32-16-33-26)24(35-38)17-4-6-18(7-5-17)27(40)34-28-31-14-21(13-29)41-28/h2-7,14,16,19-20H,8-12,15H2,1H3,(H2,30,32,33)(H,31,34,40)/b3-2+. The number of carbonyl (C=O) groups is 2. The van der Waals surface area contributed by atoms with Crippen LogP contribution in [0.15, 0.2) is 48.9 Å². The van der Waals surface area contributed by atoms with Crippen LogP contribution in [0.4, 0.5) is 10.9 Å². The predicted octanol–water partition coefficient (Wildman–Crippen LogP) is 3.08. The molecule has 1 aromatic carbocycles. The lowest BCUT2D eigenvalue weighted by atomic mass is 10.1. The van der Waals surface area contributed by atoms with Crippen molar-refractivity contribution in [1.82, 2.24) is 34.5 Å². The van der Waals surface area contributed by atoms with Crippen LogP contribution in [0.5, 0.6) is 0 Å². The molecule has 4 aromatic rings. The molecule has 1 aliphatic heterocycles. The number of nitrogen functional groups attached to an aromatic ring is 1. The first kappa shape index (κ1) is 26.5. The fourth-order valence-electron chi connectivity index (χ4n) is 5.02. The van der Waals surface area contributed by atoms with Crippen LogP contribution in [0.2, 0.25) is 0 Å². The lowest BCUT2D eigenvalue weighted by molar-refractivity contribution is -0.125. The van der Waals surface area contributed by atoms with Crippen molar-refractivity contribution in [3.8, 4) is 17.3 Å². The lowest BCUT2D eigenvalue weighted by Gasteiger charge is -2.16. The summed E-state index contributed by atoms with van der Waals surface area (Å²) in [5.74, 6) is -0.0284. The van der Waals surface area contributed by atoms with E-state index in [1.807, 2.05) is 21.7 Å². The molecule has 6 rings (SSSR count). The summed E-state index contributed by atoms with van der Waals surface area (Å²) in [6, 6.07) is 9.57. The Morgan fingerprint density at radius 1 is 1.22 bits per heavy atom. The molecule has 208 valence electrons. The van der Waals surface area contributed by atoms with Gasteiger partial charge in [-0.05, 0) is 38.4 Å². The fraction of sp³-hybridized carbons (Fsp3) is 0.321. The highest BCUT2D eigenvalue weighted by molar-refractivity contribution is 7.16. The summed E-state index contributed by atoms with van der Waals surface area (Å²) in [6.45, 7) is 1.91. The Balaban J connectivity index is 1.20. The van der Waals surface area contributed by atoms with Gasteiger partial charge in [0.1, 0.15) is 28.8 Å². The molecule has 1 aliphatic carbocycles. The second kappa shape index (κ2) is 11.1. The summed E-state index contributed by atoms with van der Waals surface area (Å²) in [5, 5.41) is 17.6. The second-order valence-corrected chi connectivity index (χ2v) is 11.3. The normalized spacial score (nSPS) is 17.0. The Labute approximate surface area is 240 Å². The van der Waals surface area contributed by atoms with Gasteiger partial charge >= 0.3 is 0 Å². The van der Waals surface area contributed by atoms with Crippen molar-refractivity contribution in [2.45, 2.75) is 31.3 Å². The number of likely N-dealkylation sites (tertiary alicyclic amines) is 1. The minimum Gasteiger partial charge on any atom is -0.383 e. The molecule has 2 aliphatic rings. The average Bonchev–Trinajstić information content (AvgIpc) is 3.36. The molecule has 41 heavy (non-hydrogen) atoms. The van der Waals surface area contributed by atoms with Crippen molar-refractivity contribution in [3.63, 3.8) is 0 Å². The van der Waals surface area contributed by atoms with Crippen molar-refractivity contribution < 1.29 is 9.59 Å². The van der Waals surface area contributed by atoms with Crippen LogP contribution in [-0.4, -0.2) is 79.1 Å². The Morgan fingerprint density at radius 2 is 2.02 bits per heavy atom. The minimum absolute atomic E-state index is 0.00187. The zero-order chi connectivity index (χ0) is 28.5. The van der Waals surface area contributed by atoms with Crippen LogP contribution in [0.1, 0.15) is 40.5 Å². The van der Waals surface area contributed by atoms with Gasteiger partial charge in [0.15, 0.2) is 10.8 Å². The number of likely N-dealkylation sites (N-methyl/N-ethyl adjacent to an activating group) is 1. The van der Waals surface area contributed by atoms with Crippen LogP contribution in [0.3, 0.4) is 0 Å². The van der Waals surface area contributed by atoms with Crippen molar-refractivity contribution in [1.29, 1.82) is 5.26 Å². The molecule has 2 amide bonds. The number of nitriles is 1. The van der Waals surface area contributed by atoms with Crippen LogP contribution >= 0.6 is 11.3 Å². The Kier molecular flexibility index (Phi) is 7.17. The molecule has 0 bridgehead atoms. The molecule has 1 unspecified atom stereocenters. The summed E-state index contributed by atoms with van der Waals surface area (Å²) in [4.78, 5) is 42.8. The van der Waals surface area contributed by atoms with Gasteiger partial charge in [-0.1, -0.05) is 29.5 Å². The third-order valence-electron chi connectivity index (χ3n) is 7.42. The Bertz CT molecular complexity index is 1680. The molecule has 13 heteroatoms. The number of benzene rings is 1. The zero-order valence-electron chi connectivity index (χ0n) is 22.4. The van der Waals surface area contributed by atoms with Crippen LogP contribution in [0, 0.1) is 11.3 Å². The molecule has 2 fully saturated rings. The van der Waals surface area contributed by atoms with Crippen LogP contribution < -0.4 is 11.1 Å². The molecule has 3 N–H and O–H groups in total. The number of nitrogens with two attached hydrogens (primary N) is 1. The summed E-state index contributed by atoms with van der Waals surface area (Å²) in [6.07, 6.45) is 9.65. The Morgan fingerprint density at radius 3 is 2.76 bits per heavy atom. The van der Waals surface area contributed by atoms with Gasteiger partial charge in [0.25, 0.3) is 5.91 Å². The number of hydrogen-bond donors (Lipinski definition) is 2. The number of thiazole rings is 1. The maximum Gasteiger partial charge on any atom is 0.257 e. The fourth-order valence-corrected chi connectivity index (χ4v) is 5.62. The molecule has 0 radical (unpaired) electrons. The number of anilines is 2. The third-order valence-corrected chi connectivity index (χ3v) is 8.24. The number of amides is 2. The van der Waals surface area contributed by atoms with E-state index in [4.69, 9.17) is 16.1 Å². The van der Waals surface area contributed by atoms with Gasteiger partial charge in [-0.2, -0.15) is 10.4 Å². The number of nitrogens with one attached hydrogen (secondary N) is 1. The van der Waals surface area contributed by atoms with E-state index in [0.29, 0.717) is 57.2 Å². The van der Waals surface area contributed by atoms with E-state index in [1.165, 1.54) is 25.4 Å². The van der Waals surface area contributed by atoms with E-state index >= 15 is 0 Å². The monoisotopic (exact) mass is 568 g/mol. The van der Waals surface area contributed by atoms with E-state index in [1.54, 1.807) is 30.3 Å². The maximum atomic E-state index is 12.8. The largest absolute Gasteiger partial charge is 0.383 e. The number of nitrogens with zero attached hydrogens (tertiary/aromatic N) is 8. The summed E-state index contributed by atoms with van der Waals surface area (Å²) < 4.78 is 1.84. The summed E-state index contributed by atoms with van der Waals surface area (Å²) >= 11 is 1.11. The van der Waals surface area contributed by atoms with E-state index in [0.717, 1.165) is 29.9 Å². The van der Waals surface area contributed by atoms with Crippen molar-refractivity contribution in [2.75, 3.05) is 37.7 Å². The van der Waals surface area contributed by atoms with E-state index in [9.17, 15) is 9.59 Å². The first-order chi connectivity index (χ1) is 19.9. The van der Waals surface area contributed by atoms with Crippen LogP contribution in [0.25, 0.3) is 22.3 Å². The van der Waals surface area contributed by atoms with Crippen molar-refractivity contribution in [2.24, 2.45) is 0 Å². The van der Waals surface area contributed by atoms with Gasteiger partial charge in [0.2, 0.25) is 5.91 Å². The highest BCUT2D eigenvalue weighted by atomic mass is 32.1. The molecule has 1 saturated carbocycles. The number of rotatable bonds is 8. The molecule has 12 nitrogen and oxygen atoms in total. The quantitative estimate of drug-likeness (QED) is 0.305. The smallest absolute Gasteiger partial charge is 0.257 e. The van der Waals surface area contributed by atoms with Crippen molar-refractivity contribution in [3.05, 3.63) is 59.4 Å². The van der Waals surface area contributed by atoms with Gasteiger partial charge in [-0.25, -0.2) is 19.6 Å². The van der Waals surface area contributed by atoms with E-state index in [-0.39, 0.29) is 17.9 Å². The van der Waals surface area contributed by atoms with Gasteiger partial charge < -0.3 is 10.6 Å². The molecule has 4 heterocycles. The number of hydrogen-bond acceptors (Lipinski definition) is 10. The molecular weight excluding hydrogens is 540 g/mol. The van der Waals surface area contributed by atoms with Gasteiger partial charge in [0.05, 0.1) is 17.6 Å². The minimum atomic E-state index is -0.336. The second-order valence-electron chi connectivity index (χ2n) is 10.2. The molecule has 3 aromatic heterocycles. The summed E-state index contributed by atoms with van der Waals surface area (Å²) in [7, 11) is 2.09. The zero-order valence-corrected chi connectivity index (χ0v) is 23.2. The van der Waals surface area contributed by atoms with Gasteiger partial charge in [-0.3, -0.25) is 19.8 Å². The molecule has 1 atom stereocenters. The number of carbonyl (C=O) groups excluding carboxylic acids is 2. The number of aromatic nitrogens is 5. The third kappa shape index (κ3) is 5.52. The lowest BCUT2D eigenvalue weighted by Crippen LogP contribution is -2.28. The van der Waals surface area contributed by atoms with Crippen molar-refractivity contribution >= 4 is 45.1 Å². The topological polar surface area (TPSA) is 159 Å². The molecular formula is C28H28N10O2S. The highest BCUT2D eigenvalue weighted by Crippen LogP contribution is 2.34. The maximum absolute atomic E-state index is 12.8. The molecule has 1 saturated heterocycles. The predicted molar refractivity (Wildman–Crippen MR) is 155 cm³/mol. The first-order valence-corrected chi connectivity index (χ1v) is 14.1. The van der Waals surface area contributed by atoms with E-state index in [2.05, 4.69) is 32.2 Å². The highest BCUT2D eigenvalue weighted by Gasteiger charge is 2.30. The SMILES string of the molecule is CN(C/C=C/C(=O)N1CCC(n2nc(-c3ccc(C(=O)Nc4ncc(C#N)s4)cc3)c3c(N)ncnc32)C1)C1CC1. The first-order valence-electron chi connectivity index (χ1n) is 13.3. The van der Waals surface area contributed by atoms with E-state index < -0.39 is 0 Å². The summed E-state index contributed by atoms with van der Waals surface area (Å²) in [5.41, 5.74) is 8.68.